The van der Waals surface area contributed by atoms with Crippen LogP contribution < -0.4 is 0 Å². The van der Waals surface area contributed by atoms with Gasteiger partial charge in [-0.15, -0.1) is 11.8 Å². The molecule has 3 heteroatoms. The first-order valence-electron chi connectivity index (χ1n) is 3.71. The molecule has 1 aromatic rings. The summed E-state index contributed by atoms with van der Waals surface area (Å²) in [6, 6.07) is 4.92. The zero-order valence-corrected chi connectivity index (χ0v) is 7.70. The fourth-order valence-corrected chi connectivity index (χ4v) is 1.52. The van der Waals surface area contributed by atoms with E-state index in [9.17, 15) is 4.39 Å². The highest BCUT2D eigenvalue weighted by Gasteiger charge is 2.01. The lowest BCUT2D eigenvalue weighted by Gasteiger charge is -2.02. The Kier molecular flexibility index (Phi) is 3.56. The minimum absolute atomic E-state index is 0.111. The molecule has 0 spiro atoms. The minimum atomic E-state index is -0.191. The van der Waals surface area contributed by atoms with Crippen LogP contribution in [0, 0.1) is 5.82 Å². The van der Waals surface area contributed by atoms with Crippen LogP contribution in [0.1, 0.15) is 5.56 Å². The second-order valence-corrected chi connectivity index (χ2v) is 3.29. The molecule has 0 aliphatic carbocycles. The van der Waals surface area contributed by atoms with E-state index in [1.54, 1.807) is 12.1 Å². The van der Waals surface area contributed by atoms with E-state index in [2.05, 4.69) is 0 Å². The highest BCUT2D eigenvalue weighted by molar-refractivity contribution is 7.98. The second kappa shape index (κ2) is 4.48. The summed E-state index contributed by atoms with van der Waals surface area (Å²) < 4.78 is 12.9. The first-order valence-corrected chi connectivity index (χ1v) is 4.93. The molecule has 1 aromatic carbocycles. The third kappa shape index (κ3) is 2.22. The molecule has 0 atom stereocenters. The maximum Gasteiger partial charge on any atom is 0.136 e. The van der Waals surface area contributed by atoms with Gasteiger partial charge in [-0.25, -0.2) is 4.39 Å². The van der Waals surface area contributed by atoms with Crippen LogP contribution in [0.2, 0.25) is 0 Å². The fraction of sp³-hybridized carbons (Fsp3) is 0.333. The SMILES string of the molecule is CSc1cc(CCO)ccc1F. The Morgan fingerprint density at radius 2 is 2.25 bits per heavy atom. The van der Waals surface area contributed by atoms with Crippen LogP contribution >= 0.6 is 11.8 Å². The molecule has 12 heavy (non-hydrogen) atoms. The lowest BCUT2D eigenvalue weighted by molar-refractivity contribution is 0.299. The van der Waals surface area contributed by atoms with E-state index in [-0.39, 0.29) is 12.4 Å². The highest BCUT2D eigenvalue weighted by atomic mass is 32.2. The van der Waals surface area contributed by atoms with Crippen LogP contribution in [-0.2, 0) is 6.42 Å². The average Bonchev–Trinajstić information content (AvgIpc) is 2.09. The van der Waals surface area contributed by atoms with Crippen LogP contribution in [0.5, 0.6) is 0 Å². The van der Waals surface area contributed by atoms with E-state index in [4.69, 9.17) is 5.11 Å². The van der Waals surface area contributed by atoms with Gasteiger partial charge in [0.2, 0.25) is 0 Å². The lowest BCUT2D eigenvalue weighted by atomic mass is 10.2. The molecule has 0 aromatic heterocycles. The quantitative estimate of drug-likeness (QED) is 0.729. The molecule has 0 saturated carbocycles. The number of aliphatic hydroxyl groups excluding tert-OH is 1. The van der Waals surface area contributed by atoms with Gasteiger partial charge >= 0.3 is 0 Å². The molecular formula is C9H11FOS. The summed E-state index contributed by atoms with van der Waals surface area (Å²) in [5, 5.41) is 8.65. The minimum Gasteiger partial charge on any atom is -0.396 e. The van der Waals surface area contributed by atoms with Gasteiger partial charge < -0.3 is 5.11 Å². The van der Waals surface area contributed by atoms with Gasteiger partial charge in [0.05, 0.1) is 0 Å². The number of thioether (sulfide) groups is 1. The third-order valence-corrected chi connectivity index (χ3v) is 2.37. The van der Waals surface area contributed by atoms with Crippen LogP contribution in [0.15, 0.2) is 23.1 Å². The summed E-state index contributed by atoms with van der Waals surface area (Å²) in [6.45, 7) is 0.111. The average molecular weight is 186 g/mol. The van der Waals surface area contributed by atoms with Crippen molar-refractivity contribution in [2.45, 2.75) is 11.3 Å². The van der Waals surface area contributed by atoms with Gasteiger partial charge in [0.15, 0.2) is 0 Å². The van der Waals surface area contributed by atoms with Crippen molar-refractivity contribution in [3.63, 3.8) is 0 Å². The molecule has 1 rings (SSSR count). The van der Waals surface area contributed by atoms with Gasteiger partial charge in [-0.2, -0.15) is 0 Å². The van der Waals surface area contributed by atoms with E-state index in [0.29, 0.717) is 11.3 Å². The van der Waals surface area contributed by atoms with E-state index < -0.39 is 0 Å². The summed E-state index contributed by atoms with van der Waals surface area (Å²) in [5.74, 6) is -0.191. The second-order valence-electron chi connectivity index (χ2n) is 2.44. The van der Waals surface area contributed by atoms with Crippen molar-refractivity contribution in [3.05, 3.63) is 29.6 Å². The summed E-state index contributed by atoms with van der Waals surface area (Å²) in [7, 11) is 0. The van der Waals surface area contributed by atoms with Gasteiger partial charge in [-0.3, -0.25) is 0 Å². The van der Waals surface area contributed by atoms with Gasteiger partial charge in [-0.05, 0) is 30.4 Å². The first-order chi connectivity index (χ1) is 5.77. The molecule has 0 radical (unpaired) electrons. The topological polar surface area (TPSA) is 20.2 Å². The largest absolute Gasteiger partial charge is 0.396 e. The Labute approximate surface area is 75.6 Å². The number of hydrogen-bond donors (Lipinski definition) is 1. The maximum absolute atomic E-state index is 12.9. The van der Waals surface area contributed by atoms with Crippen LogP contribution in [-0.4, -0.2) is 18.0 Å². The zero-order chi connectivity index (χ0) is 8.97. The van der Waals surface area contributed by atoms with Gasteiger partial charge in [0, 0.05) is 11.5 Å². The van der Waals surface area contributed by atoms with E-state index in [1.807, 2.05) is 6.26 Å². The van der Waals surface area contributed by atoms with Crippen molar-refractivity contribution in [3.8, 4) is 0 Å². The number of rotatable bonds is 3. The summed E-state index contributed by atoms with van der Waals surface area (Å²) >= 11 is 1.38. The molecule has 1 N–H and O–H groups in total. The van der Waals surface area contributed by atoms with Crippen LogP contribution in [0.4, 0.5) is 4.39 Å². The van der Waals surface area contributed by atoms with Gasteiger partial charge in [-0.1, -0.05) is 6.07 Å². The molecule has 0 fully saturated rings. The molecule has 0 heterocycles. The van der Waals surface area contributed by atoms with Crippen LogP contribution in [0.25, 0.3) is 0 Å². The van der Waals surface area contributed by atoms with Gasteiger partial charge in [0.1, 0.15) is 5.82 Å². The van der Waals surface area contributed by atoms with Crippen molar-refractivity contribution in [1.82, 2.24) is 0 Å². The van der Waals surface area contributed by atoms with Gasteiger partial charge in [0.25, 0.3) is 0 Å². The Balaban J connectivity index is 2.89. The standard InChI is InChI=1S/C9H11FOS/c1-12-9-6-7(4-5-11)2-3-8(9)10/h2-3,6,11H,4-5H2,1H3. The monoisotopic (exact) mass is 186 g/mol. The predicted molar refractivity (Wildman–Crippen MR) is 49.0 cm³/mol. The maximum atomic E-state index is 12.9. The Morgan fingerprint density at radius 1 is 1.50 bits per heavy atom. The molecule has 66 valence electrons. The Hall–Kier alpha value is -0.540. The van der Waals surface area contributed by atoms with Crippen molar-refractivity contribution in [2.75, 3.05) is 12.9 Å². The molecule has 0 saturated heterocycles. The zero-order valence-electron chi connectivity index (χ0n) is 6.88. The summed E-state index contributed by atoms with van der Waals surface area (Å²) in [5.41, 5.74) is 0.975. The smallest absolute Gasteiger partial charge is 0.136 e. The first kappa shape index (κ1) is 9.55. The van der Waals surface area contributed by atoms with Crippen molar-refractivity contribution >= 4 is 11.8 Å². The molecule has 0 aliphatic rings. The third-order valence-electron chi connectivity index (χ3n) is 1.62. The summed E-state index contributed by atoms with van der Waals surface area (Å²) in [4.78, 5) is 0.640. The lowest BCUT2D eigenvalue weighted by Crippen LogP contribution is -1.91. The Bertz CT molecular complexity index is 263. The highest BCUT2D eigenvalue weighted by Crippen LogP contribution is 2.20. The Morgan fingerprint density at radius 3 is 2.83 bits per heavy atom. The van der Waals surface area contributed by atoms with E-state index in [0.717, 1.165) is 5.56 Å². The van der Waals surface area contributed by atoms with Crippen molar-refractivity contribution < 1.29 is 9.50 Å². The predicted octanol–water partition coefficient (Wildman–Crippen LogP) is 2.08. The van der Waals surface area contributed by atoms with E-state index in [1.165, 1.54) is 17.8 Å². The van der Waals surface area contributed by atoms with Crippen molar-refractivity contribution in [2.24, 2.45) is 0 Å². The molecule has 0 unspecified atom stereocenters. The summed E-state index contributed by atoms with van der Waals surface area (Å²) in [6.07, 6.45) is 2.43. The molecule has 0 amide bonds. The fourth-order valence-electron chi connectivity index (χ4n) is 0.989. The number of halogens is 1. The number of benzene rings is 1. The van der Waals surface area contributed by atoms with E-state index >= 15 is 0 Å². The number of aliphatic hydroxyl groups is 1. The normalized spacial score (nSPS) is 10.2. The molecule has 0 aliphatic heterocycles. The number of hydrogen-bond acceptors (Lipinski definition) is 2. The molecule has 1 nitrogen and oxygen atoms in total. The van der Waals surface area contributed by atoms with Crippen LogP contribution in [0.3, 0.4) is 0 Å². The molecular weight excluding hydrogens is 175 g/mol. The molecule has 0 bridgehead atoms. The van der Waals surface area contributed by atoms with Crippen molar-refractivity contribution in [1.29, 1.82) is 0 Å².